The Hall–Kier alpha value is -1.58. The molecule has 0 amide bonds. The van der Waals surface area contributed by atoms with Gasteiger partial charge in [0.2, 0.25) is 0 Å². The molecule has 0 aromatic carbocycles. The quantitative estimate of drug-likeness (QED) is 0.731. The maximum absolute atomic E-state index is 11.4. The van der Waals surface area contributed by atoms with E-state index in [4.69, 9.17) is 0 Å². The fourth-order valence-electron chi connectivity index (χ4n) is 1.83. The Morgan fingerprint density at radius 2 is 1.62 bits per heavy atom. The number of pyridine rings is 1. The van der Waals surface area contributed by atoms with Gasteiger partial charge in [0.25, 0.3) is 0 Å². The molecule has 0 aliphatic rings. The van der Waals surface area contributed by atoms with Gasteiger partial charge in [-0.1, -0.05) is 13.8 Å². The van der Waals surface area contributed by atoms with Crippen molar-refractivity contribution in [2.45, 2.75) is 72.4 Å². The molecule has 0 fully saturated rings. The van der Waals surface area contributed by atoms with Crippen LogP contribution in [0.2, 0.25) is 0 Å². The van der Waals surface area contributed by atoms with E-state index >= 15 is 0 Å². The van der Waals surface area contributed by atoms with E-state index in [9.17, 15) is 4.79 Å². The van der Waals surface area contributed by atoms with E-state index in [-0.39, 0.29) is 11.1 Å². The first kappa shape index (κ1) is 17.5. The monoisotopic (exact) mass is 291 g/mol. The van der Waals surface area contributed by atoms with E-state index in [0.717, 1.165) is 30.5 Å². The van der Waals surface area contributed by atoms with E-state index in [1.165, 1.54) is 0 Å². The van der Waals surface area contributed by atoms with Gasteiger partial charge in [-0.05, 0) is 59.1 Å². The van der Waals surface area contributed by atoms with Crippen LogP contribution in [-0.2, 0) is 0 Å². The number of nitrogens with zero attached hydrogens (tertiary/aromatic N) is 1. The van der Waals surface area contributed by atoms with Crippen LogP contribution in [0, 0.1) is 6.92 Å². The van der Waals surface area contributed by atoms with Crippen molar-refractivity contribution in [3.05, 3.63) is 17.2 Å². The van der Waals surface area contributed by atoms with Crippen molar-refractivity contribution in [1.82, 2.24) is 4.98 Å². The zero-order chi connectivity index (χ0) is 16.3. The molecule has 0 saturated heterocycles. The standard InChI is InChI=1S/C17H29N3O/c1-8-16(4,5)19-14-10-12(3)13(11-21)15(18-14)20-17(6,7)9-2/h10-11H,8-9H2,1-7H3,(H2,18,19,20). The second-order valence-electron chi connectivity index (χ2n) is 6.93. The van der Waals surface area contributed by atoms with Crippen molar-refractivity contribution in [1.29, 1.82) is 0 Å². The van der Waals surface area contributed by atoms with Gasteiger partial charge in [-0.3, -0.25) is 4.79 Å². The molecule has 4 nitrogen and oxygen atoms in total. The van der Waals surface area contributed by atoms with Gasteiger partial charge in [-0.15, -0.1) is 0 Å². The Balaban J connectivity index is 3.21. The first-order valence-corrected chi connectivity index (χ1v) is 7.67. The van der Waals surface area contributed by atoms with Crippen molar-refractivity contribution in [2.75, 3.05) is 10.6 Å². The van der Waals surface area contributed by atoms with Crippen LogP contribution in [0.1, 0.15) is 70.3 Å². The number of nitrogens with one attached hydrogen (secondary N) is 2. The number of anilines is 2. The van der Waals surface area contributed by atoms with Crippen molar-refractivity contribution in [3.8, 4) is 0 Å². The molecule has 1 aromatic heterocycles. The van der Waals surface area contributed by atoms with E-state index in [1.807, 2.05) is 13.0 Å². The largest absolute Gasteiger partial charge is 0.365 e. The first-order valence-electron chi connectivity index (χ1n) is 7.67. The molecule has 4 heteroatoms. The normalized spacial score (nSPS) is 12.1. The summed E-state index contributed by atoms with van der Waals surface area (Å²) in [7, 11) is 0. The highest BCUT2D eigenvalue weighted by molar-refractivity contribution is 5.85. The molecule has 1 heterocycles. The highest BCUT2D eigenvalue weighted by Gasteiger charge is 2.21. The fraction of sp³-hybridized carbons (Fsp3) is 0.647. The summed E-state index contributed by atoms with van der Waals surface area (Å²) in [5.74, 6) is 1.46. The average molecular weight is 291 g/mol. The van der Waals surface area contributed by atoms with Gasteiger partial charge in [0.05, 0.1) is 5.56 Å². The predicted molar refractivity (Wildman–Crippen MR) is 90.3 cm³/mol. The molecule has 1 aromatic rings. The number of hydrogen-bond donors (Lipinski definition) is 2. The van der Waals surface area contributed by atoms with E-state index < -0.39 is 0 Å². The third-order valence-electron chi connectivity index (χ3n) is 4.07. The molecule has 21 heavy (non-hydrogen) atoms. The van der Waals surface area contributed by atoms with Crippen LogP contribution in [0.25, 0.3) is 0 Å². The highest BCUT2D eigenvalue weighted by Crippen LogP contribution is 2.26. The summed E-state index contributed by atoms with van der Waals surface area (Å²) in [6, 6.07) is 1.94. The molecule has 118 valence electrons. The number of aldehydes is 1. The van der Waals surface area contributed by atoms with E-state index in [1.54, 1.807) is 0 Å². The molecule has 1 rings (SSSR count). The third kappa shape index (κ3) is 4.73. The van der Waals surface area contributed by atoms with Crippen LogP contribution in [0.3, 0.4) is 0 Å². The summed E-state index contributed by atoms with van der Waals surface area (Å²) in [6.45, 7) is 14.7. The summed E-state index contributed by atoms with van der Waals surface area (Å²) in [5.41, 5.74) is 1.44. The molecule has 0 spiro atoms. The molecular formula is C17H29N3O. The predicted octanol–water partition coefficient (Wildman–Crippen LogP) is 4.40. The van der Waals surface area contributed by atoms with Crippen LogP contribution in [-0.4, -0.2) is 22.3 Å². The summed E-state index contributed by atoms with van der Waals surface area (Å²) in [6.07, 6.45) is 2.82. The van der Waals surface area contributed by atoms with Gasteiger partial charge in [0.1, 0.15) is 11.6 Å². The van der Waals surface area contributed by atoms with Crippen LogP contribution in [0.15, 0.2) is 6.07 Å². The first-order chi connectivity index (χ1) is 9.64. The van der Waals surface area contributed by atoms with Crippen LogP contribution >= 0.6 is 0 Å². The number of carbonyl (C=O) groups is 1. The van der Waals surface area contributed by atoms with Gasteiger partial charge in [0.15, 0.2) is 6.29 Å². The van der Waals surface area contributed by atoms with Crippen LogP contribution in [0.5, 0.6) is 0 Å². The Kier molecular flexibility index (Phi) is 5.37. The van der Waals surface area contributed by atoms with Crippen LogP contribution in [0.4, 0.5) is 11.6 Å². The number of aryl methyl sites for hydroxylation is 1. The zero-order valence-corrected chi connectivity index (χ0v) is 14.4. The topological polar surface area (TPSA) is 54.0 Å². The van der Waals surface area contributed by atoms with Crippen molar-refractivity contribution in [3.63, 3.8) is 0 Å². The molecule has 0 atom stereocenters. The molecule has 0 unspecified atom stereocenters. The van der Waals surface area contributed by atoms with Gasteiger partial charge in [-0.25, -0.2) is 4.98 Å². The maximum Gasteiger partial charge on any atom is 0.154 e. The lowest BCUT2D eigenvalue weighted by molar-refractivity contribution is 0.112. The average Bonchev–Trinajstić information content (AvgIpc) is 2.37. The fourth-order valence-corrected chi connectivity index (χ4v) is 1.83. The number of hydrogen-bond acceptors (Lipinski definition) is 4. The summed E-state index contributed by atoms with van der Waals surface area (Å²) >= 11 is 0. The molecule has 0 radical (unpaired) electrons. The molecule has 0 aliphatic carbocycles. The number of carbonyl (C=O) groups excluding carboxylic acids is 1. The van der Waals surface area contributed by atoms with Gasteiger partial charge >= 0.3 is 0 Å². The molecule has 0 saturated carbocycles. The van der Waals surface area contributed by atoms with Crippen molar-refractivity contribution < 1.29 is 4.79 Å². The Labute approximate surface area is 128 Å². The molecule has 0 aliphatic heterocycles. The number of aromatic nitrogens is 1. The summed E-state index contributed by atoms with van der Waals surface area (Å²) in [5, 5.41) is 6.83. The van der Waals surface area contributed by atoms with Gasteiger partial charge in [0, 0.05) is 11.1 Å². The second-order valence-corrected chi connectivity index (χ2v) is 6.93. The molecular weight excluding hydrogens is 262 g/mol. The lowest BCUT2D eigenvalue weighted by atomic mass is 10.0. The minimum absolute atomic E-state index is 0.0281. The third-order valence-corrected chi connectivity index (χ3v) is 4.07. The van der Waals surface area contributed by atoms with Gasteiger partial charge in [-0.2, -0.15) is 0 Å². The van der Waals surface area contributed by atoms with Crippen molar-refractivity contribution in [2.24, 2.45) is 0 Å². The summed E-state index contributed by atoms with van der Waals surface area (Å²) in [4.78, 5) is 16.0. The summed E-state index contributed by atoms with van der Waals surface area (Å²) < 4.78 is 0. The highest BCUT2D eigenvalue weighted by atomic mass is 16.1. The SMILES string of the molecule is CCC(C)(C)Nc1cc(C)c(C=O)c(NC(C)(C)CC)n1. The Bertz CT molecular complexity index is 507. The second kappa shape index (κ2) is 6.46. The van der Waals surface area contributed by atoms with Crippen LogP contribution < -0.4 is 10.6 Å². The van der Waals surface area contributed by atoms with Crippen molar-refractivity contribution >= 4 is 17.9 Å². The molecule has 2 N–H and O–H groups in total. The lowest BCUT2D eigenvalue weighted by Crippen LogP contribution is -2.32. The number of rotatable bonds is 7. The smallest absolute Gasteiger partial charge is 0.154 e. The maximum atomic E-state index is 11.4. The van der Waals surface area contributed by atoms with Gasteiger partial charge < -0.3 is 10.6 Å². The lowest BCUT2D eigenvalue weighted by Gasteiger charge is -2.29. The zero-order valence-electron chi connectivity index (χ0n) is 14.4. The minimum Gasteiger partial charge on any atom is -0.365 e. The van der Waals surface area contributed by atoms with E-state index in [0.29, 0.717) is 11.4 Å². The van der Waals surface area contributed by atoms with E-state index in [2.05, 4.69) is 57.2 Å². The Morgan fingerprint density at radius 1 is 1.10 bits per heavy atom. The Morgan fingerprint density at radius 3 is 2.10 bits per heavy atom. The minimum atomic E-state index is -0.101. The molecule has 0 bridgehead atoms.